The predicted octanol–water partition coefficient (Wildman–Crippen LogP) is 2.60. The van der Waals surface area contributed by atoms with Gasteiger partial charge in [-0.2, -0.15) is 0 Å². The van der Waals surface area contributed by atoms with Gasteiger partial charge >= 0.3 is 5.97 Å². The summed E-state index contributed by atoms with van der Waals surface area (Å²) < 4.78 is 13.2. The second-order valence-electron chi connectivity index (χ2n) is 6.55. The highest BCUT2D eigenvalue weighted by Gasteiger charge is 2.24. The molecule has 0 bridgehead atoms. The second kappa shape index (κ2) is 7.38. The molecule has 0 spiro atoms. The minimum Gasteiger partial charge on any atom is -0.497 e. The van der Waals surface area contributed by atoms with Crippen molar-refractivity contribution in [3.63, 3.8) is 0 Å². The molecule has 0 fully saturated rings. The first kappa shape index (κ1) is 17.5. The first-order valence-corrected chi connectivity index (χ1v) is 8.81. The van der Waals surface area contributed by atoms with Crippen LogP contribution in [0.15, 0.2) is 42.5 Å². The van der Waals surface area contributed by atoms with E-state index in [2.05, 4.69) is 14.9 Å². The summed E-state index contributed by atoms with van der Waals surface area (Å²) in [6.45, 7) is 2.51. The molecule has 0 saturated carbocycles. The van der Waals surface area contributed by atoms with Gasteiger partial charge in [-0.15, -0.1) is 0 Å². The van der Waals surface area contributed by atoms with E-state index in [9.17, 15) is 4.79 Å². The fourth-order valence-corrected chi connectivity index (χ4v) is 3.42. The van der Waals surface area contributed by atoms with Gasteiger partial charge in [-0.3, -0.25) is 0 Å². The van der Waals surface area contributed by atoms with Gasteiger partial charge in [0.2, 0.25) is 0 Å². The first-order chi connectivity index (χ1) is 13.2. The number of hydrogen-bond donors (Lipinski definition) is 2. The Bertz CT molecular complexity index is 965. The number of nitrogens with one attached hydrogen (secondary N) is 1. The molecule has 0 saturated heterocycles. The van der Waals surface area contributed by atoms with E-state index in [0.717, 1.165) is 34.7 Å². The monoisotopic (exact) mass is 367 g/mol. The standard InChI is InChI=1S/C20H21N3O4/c1-26-16-6-7-18-17(8-16)22-19-12-27-11-15(23(18)19)10-21-9-13-2-4-14(5-3-13)20(24)25/h2-8,15,21H,9-12H2,1H3,(H,24,25). The summed E-state index contributed by atoms with van der Waals surface area (Å²) in [6, 6.07) is 13.0. The number of imidazole rings is 1. The highest BCUT2D eigenvalue weighted by atomic mass is 16.5. The van der Waals surface area contributed by atoms with E-state index in [1.807, 2.05) is 30.3 Å². The smallest absolute Gasteiger partial charge is 0.335 e. The number of hydrogen-bond acceptors (Lipinski definition) is 5. The number of methoxy groups -OCH3 is 1. The topological polar surface area (TPSA) is 85.6 Å². The van der Waals surface area contributed by atoms with Crippen LogP contribution in [0.4, 0.5) is 0 Å². The largest absolute Gasteiger partial charge is 0.497 e. The van der Waals surface area contributed by atoms with Gasteiger partial charge in [0.15, 0.2) is 0 Å². The third-order valence-electron chi connectivity index (χ3n) is 4.79. The Labute approximate surface area is 156 Å². The lowest BCUT2D eigenvalue weighted by Gasteiger charge is -2.26. The minimum atomic E-state index is -0.912. The van der Waals surface area contributed by atoms with Crippen LogP contribution in [0.25, 0.3) is 11.0 Å². The molecule has 7 nitrogen and oxygen atoms in total. The van der Waals surface area contributed by atoms with E-state index in [4.69, 9.17) is 14.6 Å². The molecule has 140 valence electrons. The maximum absolute atomic E-state index is 10.9. The van der Waals surface area contributed by atoms with Gasteiger partial charge in [-0.25, -0.2) is 9.78 Å². The van der Waals surface area contributed by atoms with E-state index in [-0.39, 0.29) is 6.04 Å². The summed E-state index contributed by atoms with van der Waals surface area (Å²) in [4.78, 5) is 15.6. The molecule has 1 aliphatic heterocycles. The Hall–Kier alpha value is -2.90. The number of carboxylic acids is 1. The highest BCUT2D eigenvalue weighted by molar-refractivity contribution is 5.87. The summed E-state index contributed by atoms with van der Waals surface area (Å²) in [6.07, 6.45) is 0. The molecular formula is C20H21N3O4. The van der Waals surface area contributed by atoms with Crippen molar-refractivity contribution < 1.29 is 19.4 Å². The molecule has 4 rings (SSSR count). The Morgan fingerprint density at radius 3 is 2.89 bits per heavy atom. The zero-order valence-corrected chi connectivity index (χ0v) is 15.0. The molecule has 0 amide bonds. The van der Waals surface area contributed by atoms with Crippen molar-refractivity contribution in [1.29, 1.82) is 0 Å². The predicted molar refractivity (Wildman–Crippen MR) is 100 cm³/mol. The van der Waals surface area contributed by atoms with Crippen LogP contribution >= 0.6 is 0 Å². The Morgan fingerprint density at radius 1 is 1.33 bits per heavy atom. The van der Waals surface area contributed by atoms with Crippen molar-refractivity contribution in [3.8, 4) is 5.75 Å². The number of ether oxygens (including phenoxy) is 2. The molecule has 2 heterocycles. The van der Waals surface area contributed by atoms with Crippen LogP contribution in [0.3, 0.4) is 0 Å². The number of aromatic nitrogens is 2. The normalized spacial score (nSPS) is 16.3. The molecule has 0 aliphatic carbocycles. The zero-order chi connectivity index (χ0) is 18.8. The number of carboxylic acid groups (broad SMARTS) is 1. The molecule has 2 N–H and O–H groups in total. The minimum absolute atomic E-state index is 0.144. The Balaban J connectivity index is 1.47. The van der Waals surface area contributed by atoms with Crippen LogP contribution in [0.2, 0.25) is 0 Å². The van der Waals surface area contributed by atoms with Crippen LogP contribution in [0.1, 0.15) is 27.8 Å². The van der Waals surface area contributed by atoms with Crippen LogP contribution in [0, 0.1) is 0 Å². The van der Waals surface area contributed by atoms with Crippen molar-refractivity contribution in [2.75, 3.05) is 20.3 Å². The third kappa shape index (κ3) is 3.51. The summed E-state index contributed by atoms with van der Waals surface area (Å²) in [5.41, 5.74) is 3.32. The number of nitrogens with zero attached hydrogens (tertiary/aromatic N) is 2. The van der Waals surface area contributed by atoms with E-state index < -0.39 is 5.97 Å². The van der Waals surface area contributed by atoms with E-state index in [1.54, 1.807) is 19.2 Å². The van der Waals surface area contributed by atoms with E-state index in [1.165, 1.54) is 0 Å². The van der Waals surface area contributed by atoms with Crippen LogP contribution < -0.4 is 10.1 Å². The van der Waals surface area contributed by atoms with Crippen molar-refractivity contribution >= 4 is 17.0 Å². The van der Waals surface area contributed by atoms with Gasteiger partial charge < -0.3 is 24.5 Å². The number of carbonyl (C=O) groups is 1. The fourth-order valence-electron chi connectivity index (χ4n) is 3.42. The van der Waals surface area contributed by atoms with Crippen molar-refractivity contribution in [2.45, 2.75) is 19.2 Å². The fraction of sp³-hybridized carbons (Fsp3) is 0.300. The van der Waals surface area contributed by atoms with Crippen molar-refractivity contribution in [2.24, 2.45) is 0 Å². The highest BCUT2D eigenvalue weighted by Crippen LogP contribution is 2.28. The summed E-state index contributed by atoms with van der Waals surface area (Å²) in [5, 5.41) is 12.4. The molecule has 27 heavy (non-hydrogen) atoms. The van der Waals surface area contributed by atoms with Crippen molar-refractivity contribution in [1.82, 2.24) is 14.9 Å². The van der Waals surface area contributed by atoms with Gasteiger partial charge in [0, 0.05) is 19.2 Å². The molecule has 1 atom stereocenters. The van der Waals surface area contributed by atoms with Crippen LogP contribution in [-0.2, 0) is 17.9 Å². The molecule has 2 aromatic carbocycles. The molecular weight excluding hydrogens is 346 g/mol. The summed E-state index contributed by atoms with van der Waals surface area (Å²) in [5.74, 6) is 0.797. The Morgan fingerprint density at radius 2 is 2.15 bits per heavy atom. The maximum atomic E-state index is 10.9. The lowest BCUT2D eigenvalue weighted by Crippen LogP contribution is -2.32. The lowest BCUT2D eigenvalue weighted by atomic mass is 10.1. The van der Waals surface area contributed by atoms with Gasteiger partial charge in [0.05, 0.1) is 36.4 Å². The average molecular weight is 367 g/mol. The second-order valence-corrected chi connectivity index (χ2v) is 6.55. The SMILES string of the molecule is COc1ccc2c(c1)nc1n2C(CNCc2ccc(C(=O)O)cc2)COC1. The van der Waals surface area contributed by atoms with Gasteiger partial charge in [-0.1, -0.05) is 12.1 Å². The average Bonchev–Trinajstić information content (AvgIpc) is 3.06. The number of fused-ring (bicyclic) bond motifs is 3. The van der Waals surface area contributed by atoms with Crippen molar-refractivity contribution in [3.05, 3.63) is 59.4 Å². The Kier molecular flexibility index (Phi) is 4.79. The van der Waals surface area contributed by atoms with Crippen LogP contribution in [-0.4, -0.2) is 40.9 Å². The molecule has 7 heteroatoms. The molecule has 1 aromatic heterocycles. The number of rotatable bonds is 6. The summed E-state index contributed by atoms with van der Waals surface area (Å²) >= 11 is 0. The molecule has 1 aliphatic rings. The number of aromatic carboxylic acids is 1. The van der Waals surface area contributed by atoms with Gasteiger partial charge in [-0.05, 0) is 29.8 Å². The molecule has 1 unspecified atom stereocenters. The number of benzene rings is 2. The summed E-state index contributed by atoms with van der Waals surface area (Å²) in [7, 11) is 1.65. The zero-order valence-electron chi connectivity index (χ0n) is 15.0. The van der Waals surface area contributed by atoms with Gasteiger partial charge in [0.25, 0.3) is 0 Å². The molecule has 3 aromatic rings. The van der Waals surface area contributed by atoms with E-state index in [0.29, 0.717) is 25.3 Å². The molecule has 0 radical (unpaired) electrons. The quantitative estimate of drug-likeness (QED) is 0.697. The maximum Gasteiger partial charge on any atom is 0.335 e. The first-order valence-electron chi connectivity index (χ1n) is 8.81. The lowest BCUT2D eigenvalue weighted by molar-refractivity contribution is 0.0564. The van der Waals surface area contributed by atoms with Gasteiger partial charge in [0.1, 0.15) is 18.2 Å². The third-order valence-corrected chi connectivity index (χ3v) is 4.79. The van der Waals surface area contributed by atoms with Crippen LogP contribution in [0.5, 0.6) is 5.75 Å². The van der Waals surface area contributed by atoms with E-state index >= 15 is 0 Å².